The lowest BCUT2D eigenvalue weighted by Gasteiger charge is -2.11. The van der Waals surface area contributed by atoms with Gasteiger partial charge in [-0.2, -0.15) is 0 Å². The van der Waals surface area contributed by atoms with Gasteiger partial charge < -0.3 is 9.84 Å². The zero-order valence-electron chi connectivity index (χ0n) is 28.1. The van der Waals surface area contributed by atoms with E-state index in [0.717, 1.165) is 44.9 Å². The number of unbranched alkanes of at least 4 members (excludes halogenated alkanes) is 17. The molecule has 0 saturated heterocycles. The minimum Gasteiger partial charge on any atom is -0.466 e. The maximum absolute atomic E-state index is 11.9. The number of esters is 1. The summed E-state index contributed by atoms with van der Waals surface area (Å²) < 4.78 is 5.34. The average molecular weight is 587 g/mol. The second-order valence-electron chi connectivity index (χ2n) is 12.0. The average Bonchev–Trinajstić information content (AvgIpc) is 2.99. The smallest absolute Gasteiger partial charge is 0.305 e. The largest absolute Gasteiger partial charge is 0.466 e. The van der Waals surface area contributed by atoms with E-state index >= 15 is 0 Å². The molecule has 1 N–H and O–H groups in total. The third-order valence-corrected chi connectivity index (χ3v) is 7.78. The number of aliphatic hydroxyl groups is 1. The van der Waals surface area contributed by atoms with Crippen molar-refractivity contribution in [2.75, 3.05) is 6.61 Å². The van der Waals surface area contributed by atoms with Crippen molar-refractivity contribution in [2.24, 2.45) is 0 Å². The Labute approximate surface area is 262 Å². The Morgan fingerprint density at radius 1 is 0.524 bits per heavy atom. The molecule has 244 valence electrons. The quantitative estimate of drug-likeness (QED) is 0.0484. The lowest BCUT2D eigenvalue weighted by atomic mass is 10.0. The van der Waals surface area contributed by atoms with Gasteiger partial charge in [-0.15, -0.1) is 0 Å². The molecule has 0 aromatic rings. The van der Waals surface area contributed by atoms with Gasteiger partial charge in [-0.25, -0.2) is 0 Å². The predicted octanol–water partition coefficient (Wildman–Crippen LogP) is 12.3. The summed E-state index contributed by atoms with van der Waals surface area (Å²) in [6.45, 7) is 4.85. The first-order valence-corrected chi connectivity index (χ1v) is 18.1. The van der Waals surface area contributed by atoms with Crippen LogP contribution < -0.4 is 0 Å². The summed E-state index contributed by atoms with van der Waals surface area (Å²) in [5, 5.41) is 10.2. The maximum atomic E-state index is 11.9. The van der Waals surface area contributed by atoms with Crippen LogP contribution in [0.25, 0.3) is 0 Å². The monoisotopic (exact) mass is 587 g/mol. The van der Waals surface area contributed by atoms with Crippen LogP contribution in [0.3, 0.4) is 0 Å². The molecular weight excluding hydrogens is 516 g/mol. The Morgan fingerprint density at radius 2 is 0.929 bits per heavy atom. The lowest BCUT2D eigenvalue weighted by Crippen LogP contribution is -2.13. The van der Waals surface area contributed by atoms with E-state index in [0.29, 0.717) is 19.4 Å². The lowest BCUT2D eigenvalue weighted by molar-refractivity contribution is -0.144. The maximum Gasteiger partial charge on any atom is 0.305 e. The molecule has 3 nitrogen and oxygen atoms in total. The first-order valence-electron chi connectivity index (χ1n) is 18.1. The van der Waals surface area contributed by atoms with Crippen molar-refractivity contribution in [1.82, 2.24) is 0 Å². The van der Waals surface area contributed by atoms with Crippen LogP contribution in [-0.2, 0) is 9.53 Å². The van der Waals surface area contributed by atoms with Gasteiger partial charge in [-0.1, -0.05) is 140 Å². The summed E-state index contributed by atoms with van der Waals surface area (Å²) >= 11 is 0. The van der Waals surface area contributed by atoms with Crippen molar-refractivity contribution in [1.29, 1.82) is 0 Å². The van der Waals surface area contributed by atoms with E-state index in [-0.39, 0.29) is 12.1 Å². The standard InChI is InChI=1S/C39H70O3/c1-3-5-7-9-11-13-15-17-19-21-22-24-26-28-30-32-34-38(40)36-37-42-39(41)35-33-31-29-27-25-23-20-18-16-14-12-10-8-6-4-2/h11-14,17-20,38,40H,3-10,15-16,21-37H2,1-2H3/b13-11-,14-12-,19-17-,20-18-. The Morgan fingerprint density at radius 3 is 1.40 bits per heavy atom. The third kappa shape index (κ3) is 34.6. The van der Waals surface area contributed by atoms with Crippen LogP contribution in [-0.4, -0.2) is 23.8 Å². The van der Waals surface area contributed by atoms with Gasteiger partial charge in [0.25, 0.3) is 0 Å². The SMILES string of the molecule is CCCCC/C=C\C/C=C\CCCCCCCCC(O)CCOC(=O)CCCCCCC/C=C\C/C=C\CCCCC. The highest BCUT2D eigenvalue weighted by atomic mass is 16.5. The van der Waals surface area contributed by atoms with Gasteiger partial charge in [0.1, 0.15) is 0 Å². The molecule has 1 atom stereocenters. The van der Waals surface area contributed by atoms with E-state index in [2.05, 4.69) is 62.5 Å². The van der Waals surface area contributed by atoms with E-state index in [1.165, 1.54) is 109 Å². The second-order valence-corrected chi connectivity index (χ2v) is 12.0. The van der Waals surface area contributed by atoms with E-state index in [4.69, 9.17) is 4.74 Å². The number of rotatable bonds is 32. The molecule has 3 heteroatoms. The molecule has 42 heavy (non-hydrogen) atoms. The summed E-state index contributed by atoms with van der Waals surface area (Å²) in [7, 11) is 0. The molecule has 1 unspecified atom stereocenters. The van der Waals surface area contributed by atoms with Gasteiger partial charge in [0.05, 0.1) is 12.7 Å². The molecule has 0 heterocycles. The summed E-state index contributed by atoms with van der Waals surface area (Å²) in [6, 6.07) is 0. The number of allylic oxidation sites excluding steroid dienone is 8. The van der Waals surface area contributed by atoms with Crippen LogP contribution in [0.5, 0.6) is 0 Å². The Balaban J connectivity index is 3.39. The fourth-order valence-corrected chi connectivity index (χ4v) is 4.97. The van der Waals surface area contributed by atoms with Crippen LogP contribution >= 0.6 is 0 Å². The molecule has 0 spiro atoms. The molecule has 0 saturated carbocycles. The first kappa shape index (κ1) is 40.4. The van der Waals surface area contributed by atoms with Crippen LogP contribution in [0, 0.1) is 0 Å². The van der Waals surface area contributed by atoms with Crippen LogP contribution in [0.15, 0.2) is 48.6 Å². The highest BCUT2D eigenvalue weighted by molar-refractivity contribution is 5.69. The van der Waals surface area contributed by atoms with Gasteiger partial charge >= 0.3 is 5.97 Å². The minimum absolute atomic E-state index is 0.110. The molecule has 0 fully saturated rings. The van der Waals surface area contributed by atoms with Crippen molar-refractivity contribution in [2.45, 2.75) is 187 Å². The number of ether oxygens (including phenoxy) is 1. The Kier molecular flexibility index (Phi) is 34.2. The zero-order valence-corrected chi connectivity index (χ0v) is 28.1. The van der Waals surface area contributed by atoms with Crippen LogP contribution in [0.4, 0.5) is 0 Å². The van der Waals surface area contributed by atoms with Gasteiger partial charge in [-0.05, 0) is 77.0 Å². The predicted molar refractivity (Wildman–Crippen MR) is 185 cm³/mol. The molecule has 0 aromatic heterocycles. The molecule has 0 bridgehead atoms. The molecular formula is C39H70O3. The van der Waals surface area contributed by atoms with Gasteiger partial charge in [0.2, 0.25) is 0 Å². The van der Waals surface area contributed by atoms with Gasteiger partial charge in [0, 0.05) is 12.8 Å². The Bertz CT molecular complexity index is 661. The third-order valence-electron chi connectivity index (χ3n) is 7.78. The molecule has 0 aromatic carbocycles. The van der Waals surface area contributed by atoms with Crippen molar-refractivity contribution in [3.05, 3.63) is 48.6 Å². The molecule has 0 aliphatic carbocycles. The molecule has 0 amide bonds. The highest BCUT2D eigenvalue weighted by Crippen LogP contribution is 2.13. The van der Waals surface area contributed by atoms with Crippen LogP contribution in [0.2, 0.25) is 0 Å². The number of hydrogen-bond acceptors (Lipinski definition) is 3. The van der Waals surface area contributed by atoms with Crippen molar-refractivity contribution in [3.8, 4) is 0 Å². The fourth-order valence-electron chi connectivity index (χ4n) is 4.97. The zero-order chi connectivity index (χ0) is 30.6. The molecule has 0 rings (SSSR count). The second kappa shape index (κ2) is 35.6. The molecule has 0 aliphatic heterocycles. The van der Waals surface area contributed by atoms with Crippen molar-refractivity contribution < 1.29 is 14.6 Å². The van der Waals surface area contributed by atoms with E-state index < -0.39 is 0 Å². The fraction of sp³-hybridized carbons (Fsp3) is 0.769. The van der Waals surface area contributed by atoms with Crippen molar-refractivity contribution >= 4 is 5.97 Å². The first-order chi connectivity index (χ1) is 20.7. The molecule has 0 radical (unpaired) electrons. The summed E-state index contributed by atoms with van der Waals surface area (Å²) in [5.74, 6) is -0.110. The number of hydrogen-bond donors (Lipinski definition) is 1. The number of carbonyl (C=O) groups excluding carboxylic acids is 1. The normalized spacial score (nSPS) is 12.9. The van der Waals surface area contributed by atoms with Gasteiger partial charge in [-0.3, -0.25) is 4.79 Å². The van der Waals surface area contributed by atoms with Crippen molar-refractivity contribution in [3.63, 3.8) is 0 Å². The minimum atomic E-state index is -0.348. The van der Waals surface area contributed by atoms with E-state index in [9.17, 15) is 9.90 Å². The van der Waals surface area contributed by atoms with Gasteiger partial charge in [0.15, 0.2) is 0 Å². The van der Waals surface area contributed by atoms with E-state index in [1.54, 1.807) is 0 Å². The van der Waals surface area contributed by atoms with E-state index in [1.807, 2.05) is 0 Å². The molecule has 0 aliphatic rings. The Hall–Kier alpha value is -1.61. The summed E-state index contributed by atoms with van der Waals surface area (Å²) in [5.41, 5.74) is 0. The number of aliphatic hydroxyl groups excluding tert-OH is 1. The summed E-state index contributed by atoms with van der Waals surface area (Å²) in [6.07, 6.45) is 47.8. The number of carbonyl (C=O) groups is 1. The topological polar surface area (TPSA) is 46.5 Å². The summed E-state index contributed by atoms with van der Waals surface area (Å²) in [4.78, 5) is 11.9. The van der Waals surface area contributed by atoms with Crippen LogP contribution in [0.1, 0.15) is 181 Å². The highest BCUT2D eigenvalue weighted by Gasteiger charge is 2.07.